The van der Waals surface area contributed by atoms with Crippen LogP contribution in [0.2, 0.25) is 0 Å². The summed E-state index contributed by atoms with van der Waals surface area (Å²) in [6, 6.07) is 0.762. The monoisotopic (exact) mass is 228 g/mol. The second-order valence-electron chi connectivity index (χ2n) is 5.91. The van der Waals surface area contributed by atoms with Crippen LogP contribution in [0.25, 0.3) is 0 Å². The summed E-state index contributed by atoms with van der Waals surface area (Å²) in [5, 5.41) is 9.09. The second-order valence-corrected chi connectivity index (χ2v) is 5.91. The number of nitrogens with two attached hydrogens (primary N) is 1. The third kappa shape index (κ3) is 4.04. The van der Waals surface area contributed by atoms with Crippen LogP contribution in [0.5, 0.6) is 0 Å². The molecule has 1 saturated heterocycles. The zero-order valence-electron chi connectivity index (χ0n) is 11.1. The van der Waals surface area contributed by atoms with E-state index < -0.39 is 5.54 Å². The van der Waals surface area contributed by atoms with Crippen molar-refractivity contribution in [2.75, 3.05) is 19.7 Å². The summed E-state index contributed by atoms with van der Waals surface area (Å²) in [6.07, 6.45) is 4.68. The molecule has 1 aliphatic rings. The van der Waals surface area contributed by atoms with E-state index in [1.807, 2.05) is 6.92 Å². The number of likely N-dealkylation sites (tertiary alicyclic amines) is 1. The van der Waals surface area contributed by atoms with Gasteiger partial charge in [-0.25, -0.2) is 0 Å². The zero-order chi connectivity index (χ0) is 12.2. The Morgan fingerprint density at radius 3 is 2.75 bits per heavy atom. The molecule has 0 aromatic heterocycles. The van der Waals surface area contributed by atoms with Gasteiger partial charge < -0.3 is 15.7 Å². The number of hydrogen-bond acceptors (Lipinski definition) is 3. The van der Waals surface area contributed by atoms with E-state index in [9.17, 15) is 0 Å². The number of rotatable bonds is 6. The average molecular weight is 228 g/mol. The van der Waals surface area contributed by atoms with E-state index in [1.165, 1.54) is 19.4 Å². The third-order valence-corrected chi connectivity index (χ3v) is 3.74. The number of nitrogens with zero attached hydrogens (tertiary/aromatic N) is 1. The highest BCUT2D eigenvalue weighted by molar-refractivity contribution is 4.83. The molecular weight excluding hydrogens is 200 g/mol. The first kappa shape index (κ1) is 13.9. The summed E-state index contributed by atoms with van der Waals surface area (Å²) >= 11 is 0. The molecular formula is C13H28N2O. The fourth-order valence-electron chi connectivity index (χ4n) is 2.65. The smallest absolute Gasteiger partial charge is 0.0608 e. The van der Waals surface area contributed by atoms with Gasteiger partial charge in [0.1, 0.15) is 0 Å². The quantitative estimate of drug-likeness (QED) is 0.726. The van der Waals surface area contributed by atoms with Crippen LogP contribution in [0.1, 0.15) is 46.5 Å². The summed E-state index contributed by atoms with van der Waals surface area (Å²) in [5.41, 5.74) is 5.53. The third-order valence-electron chi connectivity index (χ3n) is 3.74. The molecule has 3 nitrogen and oxygen atoms in total. The van der Waals surface area contributed by atoms with Crippen LogP contribution in [0.15, 0.2) is 0 Å². The van der Waals surface area contributed by atoms with Gasteiger partial charge in [-0.3, -0.25) is 0 Å². The minimum absolute atomic E-state index is 0.0839. The maximum Gasteiger partial charge on any atom is 0.0608 e. The molecule has 0 aliphatic carbocycles. The van der Waals surface area contributed by atoms with Crippen LogP contribution in [-0.2, 0) is 0 Å². The standard InChI is InChI=1S/C13H28N2O/c1-11(2)12-6-4-8-15(12)9-5-7-13(3,14)10-16/h11-12,16H,4-10,14H2,1-3H3. The first-order chi connectivity index (χ1) is 7.46. The highest BCUT2D eigenvalue weighted by atomic mass is 16.3. The van der Waals surface area contributed by atoms with E-state index in [-0.39, 0.29) is 6.61 Å². The highest BCUT2D eigenvalue weighted by Gasteiger charge is 2.27. The van der Waals surface area contributed by atoms with Gasteiger partial charge in [0.25, 0.3) is 0 Å². The van der Waals surface area contributed by atoms with E-state index in [1.54, 1.807) is 0 Å². The van der Waals surface area contributed by atoms with Crippen LogP contribution in [0, 0.1) is 5.92 Å². The van der Waals surface area contributed by atoms with Crippen LogP contribution < -0.4 is 5.73 Å². The van der Waals surface area contributed by atoms with Crippen molar-refractivity contribution in [3.63, 3.8) is 0 Å². The Bertz CT molecular complexity index is 204. The van der Waals surface area contributed by atoms with Crippen molar-refractivity contribution in [1.82, 2.24) is 4.90 Å². The summed E-state index contributed by atoms with van der Waals surface area (Å²) in [6.45, 7) is 9.00. The molecule has 16 heavy (non-hydrogen) atoms. The molecule has 0 spiro atoms. The fourth-order valence-corrected chi connectivity index (χ4v) is 2.65. The molecule has 1 aliphatic heterocycles. The van der Waals surface area contributed by atoms with E-state index in [2.05, 4.69) is 18.7 Å². The van der Waals surface area contributed by atoms with Gasteiger partial charge in [0.05, 0.1) is 6.61 Å². The molecule has 0 bridgehead atoms. The molecule has 3 heteroatoms. The lowest BCUT2D eigenvalue weighted by molar-refractivity contribution is 0.173. The molecule has 0 saturated carbocycles. The van der Waals surface area contributed by atoms with Crippen molar-refractivity contribution < 1.29 is 5.11 Å². The predicted molar refractivity (Wildman–Crippen MR) is 68.3 cm³/mol. The fraction of sp³-hybridized carbons (Fsp3) is 1.00. The van der Waals surface area contributed by atoms with Crippen molar-refractivity contribution >= 4 is 0 Å². The van der Waals surface area contributed by atoms with Crippen molar-refractivity contribution in [3.05, 3.63) is 0 Å². The highest BCUT2D eigenvalue weighted by Crippen LogP contribution is 2.24. The van der Waals surface area contributed by atoms with Gasteiger partial charge in [0, 0.05) is 11.6 Å². The minimum Gasteiger partial charge on any atom is -0.394 e. The summed E-state index contributed by atoms with van der Waals surface area (Å²) in [4.78, 5) is 2.60. The van der Waals surface area contributed by atoms with Crippen molar-refractivity contribution in [2.24, 2.45) is 11.7 Å². The molecule has 2 atom stereocenters. The lowest BCUT2D eigenvalue weighted by Crippen LogP contribution is -2.41. The molecule has 2 unspecified atom stereocenters. The lowest BCUT2D eigenvalue weighted by atomic mass is 9.97. The first-order valence-electron chi connectivity index (χ1n) is 6.60. The molecule has 3 N–H and O–H groups in total. The van der Waals surface area contributed by atoms with E-state index in [0.29, 0.717) is 0 Å². The largest absolute Gasteiger partial charge is 0.394 e. The summed E-state index contributed by atoms with van der Waals surface area (Å²) in [5.74, 6) is 0.754. The Kier molecular flexibility index (Phi) is 5.22. The Morgan fingerprint density at radius 2 is 2.19 bits per heavy atom. The maximum absolute atomic E-state index is 9.09. The van der Waals surface area contributed by atoms with Gasteiger partial charge in [-0.15, -0.1) is 0 Å². The molecule has 0 aromatic carbocycles. The van der Waals surface area contributed by atoms with Gasteiger partial charge in [-0.05, 0) is 51.6 Å². The van der Waals surface area contributed by atoms with Crippen LogP contribution in [0.3, 0.4) is 0 Å². The van der Waals surface area contributed by atoms with E-state index in [0.717, 1.165) is 31.3 Å². The van der Waals surface area contributed by atoms with Crippen LogP contribution in [-0.4, -0.2) is 41.3 Å². The Labute approximate surface area is 100 Å². The first-order valence-corrected chi connectivity index (χ1v) is 6.60. The molecule has 0 radical (unpaired) electrons. The van der Waals surface area contributed by atoms with Gasteiger partial charge in [0.2, 0.25) is 0 Å². The molecule has 1 heterocycles. The van der Waals surface area contributed by atoms with Gasteiger partial charge in [0.15, 0.2) is 0 Å². The molecule has 1 fully saturated rings. The zero-order valence-corrected chi connectivity index (χ0v) is 11.1. The van der Waals surface area contributed by atoms with E-state index >= 15 is 0 Å². The van der Waals surface area contributed by atoms with Gasteiger partial charge in [-0.1, -0.05) is 13.8 Å². The minimum atomic E-state index is -0.396. The number of aliphatic hydroxyl groups is 1. The number of aliphatic hydroxyl groups excluding tert-OH is 1. The predicted octanol–water partition coefficient (Wildman–Crippen LogP) is 1.60. The molecule has 96 valence electrons. The summed E-state index contributed by atoms with van der Waals surface area (Å²) in [7, 11) is 0. The maximum atomic E-state index is 9.09. The lowest BCUT2D eigenvalue weighted by Gasteiger charge is -2.29. The SMILES string of the molecule is CC(C)C1CCCN1CCCC(C)(N)CO. The van der Waals surface area contributed by atoms with Crippen molar-refractivity contribution in [2.45, 2.75) is 58.0 Å². The molecule has 0 aromatic rings. The topological polar surface area (TPSA) is 49.5 Å². The Morgan fingerprint density at radius 1 is 1.50 bits per heavy atom. The molecule has 0 amide bonds. The summed E-state index contributed by atoms with van der Waals surface area (Å²) < 4.78 is 0. The van der Waals surface area contributed by atoms with Crippen molar-refractivity contribution in [1.29, 1.82) is 0 Å². The second kappa shape index (κ2) is 5.99. The van der Waals surface area contributed by atoms with Gasteiger partial charge >= 0.3 is 0 Å². The molecule has 1 rings (SSSR count). The van der Waals surface area contributed by atoms with Crippen molar-refractivity contribution in [3.8, 4) is 0 Å². The van der Waals surface area contributed by atoms with Gasteiger partial charge in [-0.2, -0.15) is 0 Å². The van der Waals surface area contributed by atoms with E-state index in [4.69, 9.17) is 10.8 Å². The van der Waals surface area contributed by atoms with Crippen LogP contribution >= 0.6 is 0 Å². The Hall–Kier alpha value is -0.120. The Balaban J connectivity index is 2.27. The average Bonchev–Trinajstić information content (AvgIpc) is 2.66. The van der Waals surface area contributed by atoms with Crippen LogP contribution in [0.4, 0.5) is 0 Å². The number of hydrogen-bond donors (Lipinski definition) is 2. The normalized spacial score (nSPS) is 26.2.